The Balaban J connectivity index is 1.99. The molecule has 0 spiro atoms. The van der Waals surface area contributed by atoms with E-state index in [-0.39, 0.29) is 22.6 Å². The van der Waals surface area contributed by atoms with E-state index in [1.54, 1.807) is 11.4 Å². The Morgan fingerprint density at radius 2 is 2.05 bits per heavy atom. The molecule has 1 aromatic carbocycles. The summed E-state index contributed by atoms with van der Waals surface area (Å²) >= 11 is 1.12. The van der Waals surface area contributed by atoms with Crippen LogP contribution in [0.25, 0.3) is 0 Å². The molecule has 112 valence electrons. The molecule has 2 rings (SSSR count). The zero-order valence-electron chi connectivity index (χ0n) is 11.8. The van der Waals surface area contributed by atoms with Crippen LogP contribution in [0.2, 0.25) is 0 Å². The molecule has 0 saturated carbocycles. The van der Waals surface area contributed by atoms with E-state index in [2.05, 4.69) is 24.4 Å². The molecule has 1 aromatic heterocycles. The average molecular weight is 306 g/mol. The van der Waals surface area contributed by atoms with Crippen LogP contribution < -0.4 is 5.32 Å². The summed E-state index contributed by atoms with van der Waals surface area (Å²) in [5.41, 5.74) is 3.12. The van der Waals surface area contributed by atoms with Crippen LogP contribution in [-0.4, -0.2) is 16.6 Å². The number of nitrogens with zero attached hydrogens (tertiary/aromatic N) is 1. The van der Waals surface area contributed by atoms with Crippen molar-refractivity contribution in [2.24, 2.45) is 0 Å². The van der Waals surface area contributed by atoms with Crippen LogP contribution in [0.5, 0.6) is 0 Å². The molecule has 1 heterocycles. The van der Waals surface area contributed by atoms with Crippen LogP contribution in [0.1, 0.15) is 29.7 Å². The van der Waals surface area contributed by atoms with Gasteiger partial charge in [0.2, 0.25) is 0 Å². The SMILES string of the molecule is CCc1ccc(C(CO)NCc2csc([N+](=O)[O-])c2)cc1. The summed E-state index contributed by atoms with van der Waals surface area (Å²) in [5.74, 6) is 0. The van der Waals surface area contributed by atoms with Gasteiger partial charge in [-0.2, -0.15) is 0 Å². The molecule has 0 fully saturated rings. The highest BCUT2D eigenvalue weighted by atomic mass is 32.1. The van der Waals surface area contributed by atoms with Gasteiger partial charge in [0.1, 0.15) is 0 Å². The molecule has 0 amide bonds. The number of thiophene rings is 1. The summed E-state index contributed by atoms with van der Waals surface area (Å²) in [5, 5.41) is 25.3. The molecule has 0 bridgehead atoms. The molecule has 0 aliphatic carbocycles. The predicted molar refractivity (Wildman–Crippen MR) is 83.5 cm³/mol. The topological polar surface area (TPSA) is 75.4 Å². The monoisotopic (exact) mass is 306 g/mol. The number of aryl methyl sites for hydroxylation is 1. The molecule has 5 nitrogen and oxygen atoms in total. The molecule has 1 atom stereocenters. The second kappa shape index (κ2) is 7.31. The number of aliphatic hydroxyl groups is 1. The number of hydrogen-bond acceptors (Lipinski definition) is 5. The van der Waals surface area contributed by atoms with E-state index in [9.17, 15) is 15.2 Å². The predicted octanol–water partition coefficient (Wildman–Crippen LogP) is 3.04. The Labute approximate surface area is 127 Å². The number of benzene rings is 1. The van der Waals surface area contributed by atoms with Crippen molar-refractivity contribution >= 4 is 16.3 Å². The number of hydrogen-bond donors (Lipinski definition) is 2. The van der Waals surface area contributed by atoms with Crippen LogP contribution in [0.3, 0.4) is 0 Å². The first-order valence-electron chi connectivity index (χ1n) is 6.79. The van der Waals surface area contributed by atoms with Gasteiger partial charge in [-0.25, -0.2) is 0 Å². The van der Waals surface area contributed by atoms with Crippen molar-refractivity contribution in [3.8, 4) is 0 Å². The highest BCUT2D eigenvalue weighted by Crippen LogP contribution is 2.23. The van der Waals surface area contributed by atoms with Crippen molar-refractivity contribution in [2.45, 2.75) is 25.9 Å². The van der Waals surface area contributed by atoms with E-state index < -0.39 is 0 Å². The van der Waals surface area contributed by atoms with E-state index in [4.69, 9.17) is 0 Å². The standard InChI is InChI=1S/C15H18N2O3S/c1-2-11-3-5-13(6-4-11)14(9-18)16-8-12-7-15(17(19)20)21-10-12/h3-7,10,14,16,18H,2,8-9H2,1H3. The van der Waals surface area contributed by atoms with Gasteiger partial charge in [0, 0.05) is 18.0 Å². The second-order valence-electron chi connectivity index (χ2n) is 4.76. The van der Waals surface area contributed by atoms with Crippen LogP contribution >= 0.6 is 11.3 Å². The van der Waals surface area contributed by atoms with Gasteiger partial charge in [-0.05, 0) is 23.1 Å². The number of rotatable bonds is 7. The van der Waals surface area contributed by atoms with Gasteiger partial charge in [-0.3, -0.25) is 10.1 Å². The Bertz CT molecular complexity index is 595. The van der Waals surface area contributed by atoms with Crippen molar-refractivity contribution in [3.05, 3.63) is 62.5 Å². The van der Waals surface area contributed by atoms with Gasteiger partial charge >= 0.3 is 5.00 Å². The van der Waals surface area contributed by atoms with Crippen LogP contribution in [0, 0.1) is 10.1 Å². The van der Waals surface area contributed by atoms with Gasteiger partial charge in [0.25, 0.3) is 0 Å². The van der Waals surface area contributed by atoms with Crippen molar-refractivity contribution < 1.29 is 10.0 Å². The zero-order chi connectivity index (χ0) is 15.2. The van der Waals surface area contributed by atoms with E-state index >= 15 is 0 Å². The van der Waals surface area contributed by atoms with Crippen molar-refractivity contribution in [1.29, 1.82) is 0 Å². The maximum Gasteiger partial charge on any atom is 0.324 e. The number of nitro groups is 1. The molecule has 0 saturated heterocycles. The zero-order valence-corrected chi connectivity index (χ0v) is 12.6. The molecule has 2 aromatic rings. The molecular formula is C15H18N2O3S. The first kappa shape index (κ1) is 15.6. The molecule has 0 aliphatic rings. The van der Waals surface area contributed by atoms with Crippen LogP contribution in [0.15, 0.2) is 35.7 Å². The third kappa shape index (κ3) is 4.10. The highest BCUT2D eigenvalue weighted by Gasteiger charge is 2.13. The third-order valence-corrected chi connectivity index (χ3v) is 4.27. The summed E-state index contributed by atoms with van der Waals surface area (Å²) in [6.07, 6.45) is 0.982. The first-order chi connectivity index (χ1) is 10.1. The van der Waals surface area contributed by atoms with Crippen LogP contribution in [-0.2, 0) is 13.0 Å². The fraction of sp³-hybridized carbons (Fsp3) is 0.333. The van der Waals surface area contributed by atoms with E-state index in [0.29, 0.717) is 6.54 Å². The summed E-state index contributed by atoms with van der Waals surface area (Å²) in [4.78, 5) is 10.3. The Morgan fingerprint density at radius 3 is 2.57 bits per heavy atom. The number of aliphatic hydroxyl groups excluding tert-OH is 1. The van der Waals surface area contributed by atoms with Gasteiger partial charge in [0.05, 0.1) is 17.6 Å². The fourth-order valence-corrected chi connectivity index (χ4v) is 2.79. The summed E-state index contributed by atoms with van der Waals surface area (Å²) in [7, 11) is 0. The lowest BCUT2D eigenvalue weighted by molar-refractivity contribution is -0.380. The maximum atomic E-state index is 10.6. The lowest BCUT2D eigenvalue weighted by Gasteiger charge is -2.16. The Kier molecular flexibility index (Phi) is 5.44. The van der Waals surface area contributed by atoms with E-state index in [1.165, 1.54) is 5.56 Å². The molecule has 21 heavy (non-hydrogen) atoms. The smallest absolute Gasteiger partial charge is 0.324 e. The average Bonchev–Trinajstić information content (AvgIpc) is 2.98. The first-order valence-corrected chi connectivity index (χ1v) is 7.67. The quantitative estimate of drug-likeness (QED) is 0.609. The lowest BCUT2D eigenvalue weighted by Crippen LogP contribution is -2.23. The van der Waals surface area contributed by atoms with E-state index in [1.807, 2.05) is 12.1 Å². The summed E-state index contributed by atoms with van der Waals surface area (Å²) in [6, 6.07) is 9.50. The third-order valence-electron chi connectivity index (χ3n) is 3.35. The second-order valence-corrected chi connectivity index (χ2v) is 5.65. The summed E-state index contributed by atoms with van der Waals surface area (Å²) in [6.45, 7) is 2.57. The minimum Gasteiger partial charge on any atom is -0.394 e. The minimum absolute atomic E-state index is 0.0162. The normalized spacial score (nSPS) is 12.3. The van der Waals surface area contributed by atoms with Gasteiger partial charge in [0.15, 0.2) is 0 Å². The maximum absolute atomic E-state index is 10.6. The van der Waals surface area contributed by atoms with Crippen molar-refractivity contribution in [3.63, 3.8) is 0 Å². The van der Waals surface area contributed by atoms with Gasteiger partial charge in [-0.15, -0.1) is 0 Å². The molecular weight excluding hydrogens is 288 g/mol. The molecule has 0 radical (unpaired) electrons. The largest absolute Gasteiger partial charge is 0.394 e. The highest BCUT2D eigenvalue weighted by molar-refractivity contribution is 7.13. The number of nitrogens with one attached hydrogen (secondary N) is 1. The fourth-order valence-electron chi connectivity index (χ4n) is 2.07. The summed E-state index contributed by atoms with van der Waals surface area (Å²) < 4.78 is 0. The minimum atomic E-state index is -0.388. The Hall–Kier alpha value is -1.76. The van der Waals surface area contributed by atoms with Gasteiger partial charge < -0.3 is 10.4 Å². The van der Waals surface area contributed by atoms with E-state index in [0.717, 1.165) is 28.9 Å². The van der Waals surface area contributed by atoms with Crippen molar-refractivity contribution in [2.75, 3.05) is 6.61 Å². The van der Waals surface area contributed by atoms with Crippen LogP contribution in [0.4, 0.5) is 5.00 Å². The lowest BCUT2D eigenvalue weighted by atomic mass is 10.0. The molecule has 1 unspecified atom stereocenters. The Morgan fingerprint density at radius 1 is 1.33 bits per heavy atom. The molecule has 6 heteroatoms. The molecule has 2 N–H and O–H groups in total. The van der Waals surface area contributed by atoms with Gasteiger partial charge in [-0.1, -0.05) is 42.5 Å². The molecule has 0 aliphatic heterocycles. The van der Waals surface area contributed by atoms with Crippen molar-refractivity contribution in [1.82, 2.24) is 5.32 Å².